The van der Waals surface area contributed by atoms with Crippen LogP contribution < -0.4 is 0 Å². The summed E-state index contributed by atoms with van der Waals surface area (Å²) >= 11 is 1.26. The molecule has 0 aromatic carbocycles. The molecule has 4 heterocycles. The van der Waals surface area contributed by atoms with Crippen LogP contribution >= 0.6 is 11.3 Å². The number of fused-ring (bicyclic) bond motifs is 1. The van der Waals surface area contributed by atoms with Gasteiger partial charge in [0.2, 0.25) is 0 Å². The third-order valence-electron chi connectivity index (χ3n) is 4.13. The Morgan fingerprint density at radius 1 is 1.22 bits per heavy atom. The van der Waals surface area contributed by atoms with Gasteiger partial charge in [0.15, 0.2) is 5.65 Å². The quantitative estimate of drug-likeness (QED) is 0.730. The first-order valence-corrected chi connectivity index (χ1v) is 9.84. The Balaban J connectivity index is 1.75. The Morgan fingerprint density at radius 2 is 2.13 bits per heavy atom. The van der Waals surface area contributed by atoms with Crippen LogP contribution in [0.3, 0.4) is 0 Å². The smallest absolute Gasteiger partial charge is 0.232 e. The molecule has 1 fully saturated rings. The second-order valence-corrected chi connectivity index (χ2v) is 8.61. The van der Waals surface area contributed by atoms with Crippen LogP contribution in [0.1, 0.15) is 31.0 Å². The van der Waals surface area contributed by atoms with Crippen molar-refractivity contribution in [3.05, 3.63) is 47.7 Å². The first kappa shape index (κ1) is 14.8. The summed E-state index contributed by atoms with van der Waals surface area (Å²) in [6.07, 6.45) is 6.21. The van der Waals surface area contributed by atoms with Gasteiger partial charge in [-0.2, -0.15) is 9.40 Å². The van der Waals surface area contributed by atoms with Crippen LogP contribution in [-0.2, 0) is 10.0 Å². The van der Waals surface area contributed by atoms with Crippen molar-refractivity contribution in [2.45, 2.75) is 29.5 Å². The normalized spacial score (nSPS) is 20.1. The van der Waals surface area contributed by atoms with Crippen molar-refractivity contribution < 1.29 is 8.42 Å². The van der Waals surface area contributed by atoms with E-state index in [1.165, 1.54) is 11.3 Å². The lowest BCUT2D eigenvalue weighted by Gasteiger charge is -2.33. The van der Waals surface area contributed by atoms with Gasteiger partial charge in [-0.1, -0.05) is 12.5 Å². The van der Waals surface area contributed by atoms with Crippen molar-refractivity contribution in [1.29, 1.82) is 0 Å². The van der Waals surface area contributed by atoms with Crippen LogP contribution in [0.4, 0.5) is 0 Å². The molecule has 6 nitrogen and oxygen atoms in total. The largest absolute Gasteiger partial charge is 0.253 e. The summed E-state index contributed by atoms with van der Waals surface area (Å²) in [6, 6.07) is 6.92. The predicted molar refractivity (Wildman–Crippen MR) is 87.8 cm³/mol. The van der Waals surface area contributed by atoms with Crippen LogP contribution in [-0.4, -0.2) is 33.9 Å². The Morgan fingerprint density at radius 3 is 2.96 bits per heavy atom. The summed E-state index contributed by atoms with van der Waals surface area (Å²) in [6.45, 7) is 0.539. The highest BCUT2D eigenvalue weighted by molar-refractivity contribution is 7.91. The number of piperidine rings is 1. The van der Waals surface area contributed by atoms with Crippen LogP contribution in [0.2, 0.25) is 0 Å². The van der Waals surface area contributed by atoms with E-state index in [2.05, 4.69) is 10.1 Å². The Labute approximate surface area is 138 Å². The van der Waals surface area contributed by atoms with E-state index in [1.54, 1.807) is 32.5 Å². The second kappa shape index (κ2) is 5.70. The van der Waals surface area contributed by atoms with Gasteiger partial charge >= 0.3 is 0 Å². The minimum absolute atomic E-state index is 0.212. The number of nitrogens with zero attached hydrogens (tertiary/aromatic N) is 4. The predicted octanol–water partition coefficient (Wildman–Crippen LogP) is 2.71. The van der Waals surface area contributed by atoms with Gasteiger partial charge in [-0.3, -0.25) is 0 Å². The molecule has 0 aliphatic carbocycles. The molecule has 120 valence electrons. The zero-order valence-corrected chi connectivity index (χ0v) is 14.0. The van der Waals surface area contributed by atoms with Crippen LogP contribution in [0.5, 0.6) is 0 Å². The topological polar surface area (TPSA) is 67.6 Å². The van der Waals surface area contributed by atoms with Gasteiger partial charge < -0.3 is 0 Å². The summed E-state index contributed by atoms with van der Waals surface area (Å²) in [5, 5.41) is 5.93. The molecule has 0 N–H and O–H groups in total. The highest BCUT2D eigenvalue weighted by Crippen LogP contribution is 2.35. The molecular formula is C15H16N4O2S2. The molecule has 0 saturated carbocycles. The highest BCUT2D eigenvalue weighted by Gasteiger charge is 2.35. The zero-order chi connectivity index (χ0) is 15.9. The van der Waals surface area contributed by atoms with E-state index in [9.17, 15) is 8.42 Å². The first-order chi connectivity index (χ1) is 11.2. The lowest BCUT2D eigenvalue weighted by molar-refractivity contribution is 0.252. The minimum atomic E-state index is -3.47. The fourth-order valence-electron chi connectivity index (χ4n) is 3.03. The van der Waals surface area contributed by atoms with Crippen LogP contribution in [0, 0.1) is 0 Å². The fraction of sp³-hybridized carbons (Fsp3) is 0.333. The SMILES string of the molecule is O=S(=O)(c1cccs1)N1CCCC[C@@H]1c1ccn2nccc2n1. The van der Waals surface area contributed by atoms with Crippen LogP contribution in [0.15, 0.2) is 46.2 Å². The van der Waals surface area contributed by atoms with E-state index in [0.29, 0.717) is 10.8 Å². The van der Waals surface area contributed by atoms with E-state index in [0.717, 1.165) is 30.6 Å². The third-order valence-corrected chi connectivity index (χ3v) is 7.41. The molecule has 23 heavy (non-hydrogen) atoms. The maximum atomic E-state index is 12.9. The molecule has 0 radical (unpaired) electrons. The lowest BCUT2D eigenvalue weighted by Crippen LogP contribution is -2.38. The third kappa shape index (κ3) is 2.56. The van der Waals surface area contributed by atoms with Gasteiger partial charge in [0.1, 0.15) is 4.21 Å². The van der Waals surface area contributed by atoms with Gasteiger partial charge in [0.25, 0.3) is 10.0 Å². The summed E-state index contributed by atoms with van der Waals surface area (Å²) in [5.74, 6) is 0. The molecule has 0 unspecified atom stereocenters. The number of sulfonamides is 1. The van der Waals surface area contributed by atoms with Crippen molar-refractivity contribution in [2.75, 3.05) is 6.54 Å². The first-order valence-electron chi connectivity index (χ1n) is 7.52. The molecule has 1 aliphatic heterocycles. The van der Waals surface area contributed by atoms with Crippen molar-refractivity contribution in [3.8, 4) is 0 Å². The minimum Gasteiger partial charge on any atom is -0.232 e. The van der Waals surface area contributed by atoms with Gasteiger partial charge in [-0.15, -0.1) is 11.3 Å². The van der Waals surface area contributed by atoms with Crippen molar-refractivity contribution in [2.24, 2.45) is 0 Å². The monoisotopic (exact) mass is 348 g/mol. The van der Waals surface area contributed by atoms with E-state index < -0.39 is 10.0 Å². The molecule has 0 bridgehead atoms. The van der Waals surface area contributed by atoms with Gasteiger partial charge in [-0.25, -0.2) is 17.9 Å². The number of rotatable bonds is 3. The Kier molecular flexibility index (Phi) is 3.67. The van der Waals surface area contributed by atoms with Gasteiger partial charge in [0, 0.05) is 18.8 Å². The molecule has 0 amide bonds. The highest BCUT2D eigenvalue weighted by atomic mass is 32.2. The van der Waals surface area contributed by atoms with E-state index in [1.807, 2.05) is 18.3 Å². The Hall–Kier alpha value is -1.77. The molecule has 0 spiro atoms. The van der Waals surface area contributed by atoms with Crippen molar-refractivity contribution in [3.63, 3.8) is 0 Å². The second-order valence-electron chi connectivity index (χ2n) is 5.55. The molecule has 4 rings (SSSR count). The molecule has 1 atom stereocenters. The Bertz CT molecular complexity index is 918. The molecule has 1 aliphatic rings. The summed E-state index contributed by atoms with van der Waals surface area (Å²) in [5.41, 5.74) is 1.53. The number of aromatic nitrogens is 3. The molecule has 3 aromatic heterocycles. The maximum absolute atomic E-state index is 12.9. The summed E-state index contributed by atoms with van der Waals surface area (Å²) < 4.78 is 29.6. The fourth-order valence-corrected chi connectivity index (χ4v) is 5.82. The molecule has 8 heteroatoms. The number of hydrogen-bond acceptors (Lipinski definition) is 5. The van der Waals surface area contributed by atoms with E-state index >= 15 is 0 Å². The van der Waals surface area contributed by atoms with Crippen molar-refractivity contribution >= 4 is 27.0 Å². The lowest BCUT2D eigenvalue weighted by atomic mass is 10.0. The summed E-state index contributed by atoms with van der Waals surface area (Å²) in [4.78, 5) is 4.60. The molecule has 3 aromatic rings. The average molecular weight is 348 g/mol. The standard InChI is InChI=1S/C15H16N4O2S2/c20-23(21,15-5-3-11-22-15)19-9-2-1-4-13(19)12-7-10-18-14(17-12)6-8-16-18/h3,5-8,10-11,13H,1-2,4,9H2/t13-/m1/s1. The van der Waals surface area contributed by atoms with Gasteiger partial charge in [-0.05, 0) is 30.4 Å². The molecule has 1 saturated heterocycles. The zero-order valence-electron chi connectivity index (χ0n) is 12.4. The van der Waals surface area contributed by atoms with Gasteiger partial charge in [0.05, 0.1) is 17.9 Å². The van der Waals surface area contributed by atoms with Crippen molar-refractivity contribution in [1.82, 2.24) is 18.9 Å². The summed E-state index contributed by atoms with van der Waals surface area (Å²) in [7, 11) is -3.47. The van der Waals surface area contributed by atoms with Crippen LogP contribution in [0.25, 0.3) is 5.65 Å². The maximum Gasteiger partial charge on any atom is 0.253 e. The molecular weight excluding hydrogens is 332 g/mol. The average Bonchev–Trinajstić information content (AvgIpc) is 3.26. The number of thiophene rings is 1. The van der Waals surface area contributed by atoms with E-state index in [4.69, 9.17) is 0 Å². The number of hydrogen-bond donors (Lipinski definition) is 0. The van der Waals surface area contributed by atoms with E-state index in [-0.39, 0.29) is 6.04 Å².